The van der Waals surface area contributed by atoms with Gasteiger partial charge in [-0.3, -0.25) is 9.78 Å². The van der Waals surface area contributed by atoms with Crippen molar-refractivity contribution in [3.05, 3.63) is 12.4 Å². The van der Waals surface area contributed by atoms with Crippen LogP contribution in [0.2, 0.25) is 0 Å². The lowest BCUT2D eigenvalue weighted by Gasteiger charge is -2.26. The van der Waals surface area contributed by atoms with Gasteiger partial charge < -0.3 is 15.5 Å². The fourth-order valence-electron chi connectivity index (χ4n) is 2.21. The number of piperidine rings is 1. The summed E-state index contributed by atoms with van der Waals surface area (Å²) in [7, 11) is 0. The largest absolute Gasteiger partial charge is 0.369 e. The smallest absolute Gasteiger partial charge is 0.241 e. The van der Waals surface area contributed by atoms with Crippen LogP contribution >= 0.6 is 0 Å². The predicted molar refractivity (Wildman–Crippen MR) is 79.7 cm³/mol. The Morgan fingerprint density at radius 1 is 1.20 bits per heavy atom. The van der Waals surface area contributed by atoms with Crippen LogP contribution in [0.5, 0.6) is 0 Å². The number of nitrogens with zero attached hydrogens (tertiary/aromatic N) is 3. The second-order valence-electron chi connectivity index (χ2n) is 5.01. The molecule has 1 saturated heterocycles. The molecule has 0 spiro atoms. The van der Waals surface area contributed by atoms with E-state index in [2.05, 4.69) is 27.5 Å². The predicted octanol–water partition coefficient (Wildman–Crippen LogP) is 1.72. The molecule has 2 N–H and O–H groups in total. The number of anilines is 2. The van der Waals surface area contributed by atoms with Gasteiger partial charge in [-0.1, -0.05) is 6.92 Å². The molecule has 1 aromatic rings. The number of amides is 1. The van der Waals surface area contributed by atoms with Gasteiger partial charge in [-0.2, -0.15) is 0 Å². The average Bonchev–Trinajstić information content (AvgIpc) is 2.52. The molecule has 1 amide bonds. The van der Waals surface area contributed by atoms with E-state index in [-0.39, 0.29) is 12.5 Å². The molecule has 0 saturated carbocycles. The Labute approximate surface area is 120 Å². The fourth-order valence-corrected chi connectivity index (χ4v) is 2.21. The molecule has 20 heavy (non-hydrogen) atoms. The third kappa shape index (κ3) is 4.36. The number of aromatic nitrogens is 2. The number of carbonyl (C=O) groups is 1. The highest BCUT2D eigenvalue weighted by molar-refractivity contribution is 5.80. The Morgan fingerprint density at radius 2 is 1.90 bits per heavy atom. The van der Waals surface area contributed by atoms with Gasteiger partial charge in [-0.25, -0.2) is 4.98 Å². The van der Waals surface area contributed by atoms with Gasteiger partial charge in [-0.15, -0.1) is 0 Å². The van der Waals surface area contributed by atoms with Crippen LogP contribution in [-0.2, 0) is 4.79 Å². The lowest BCUT2D eigenvalue weighted by atomic mass is 10.1. The third-order valence-electron chi connectivity index (χ3n) is 3.32. The van der Waals surface area contributed by atoms with Gasteiger partial charge in [-0.05, 0) is 25.7 Å². The number of hydrogen-bond donors (Lipinski definition) is 2. The van der Waals surface area contributed by atoms with Gasteiger partial charge in [0.1, 0.15) is 11.6 Å². The molecule has 2 heterocycles. The first kappa shape index (κ1) is 14.6. The van der Waals surface area contributed by atoms with E-state index in [4.69, 9.17) is 0 Å². The van der Waals surface area contributed by atoms with E-state index in [1.54, 1.807) is 12.4 Å². The second-order valence-corrected chi connectivity index (χ2v) is 5.01. The topological polar surface area (TPSA) is 70.2 Å². The van der Waals surface area contributed by atoms with Gasteiger partial charge in [0.25, 0.3) is 0 Å². The van der Waals surface area contributed by atoms with Crippen LogP contribution < -0.4 is 10.6 Å². The number of carbonyl (C=O) groups excluding carboxylic acids is 1. The third-order valence-corrected chi connectivity index (χ3v) is 3.32. The minimum Gasteiger partial charge on any atom is -0.369 e. The Hall–Kier alpha value is -1.85. The summed E-state index contributed by atoms with van der Waals surface area (Å²) in [4.78, 5) is 22.4. The van der Waals surface area contributed by atoms with Crippen molar-refractivity contribution in [2.45, 2.75) is 32.6 Å². The van der Waals surface area contributed by atoms with Crippen LogP contribution in [0, 0.1) is 0 Å². The zero-order chi connectivity index (χ0) is 14.2. The summed E-state index contributed by atoms with van der Waals surface area (Å²) in [5.41, 5.74) is 0. The lowest BCUT2D eigenvalue weighted by Crippen LogP contribution is -2.39. The zero-order valence-electron chi connectivity index (χ0n) is 12.1. The minimum atomic E-state index is 0.137. The van der Waals surface area contributed by atoms with Gasteiger partial charge in [0, 0.05) is 19.6 Å². The molecule has 1 fully saturated rings. The summed E-state index contributed by atoms with van der Waals surface area (Å²) >= 11 is 0. The molecule has 1 aromatic heterocycles. The summed E-state index contributed by atoms with van der Waals surface area (Å²) in [5, 5.41) is 6.23. The van der Waals surface area contributed by atoms with Gasteiger partial charge >= 0.3 is 0 Å². The van der Waals surface area contributed by atoms with Crippen molar-refractivity contribution in [2.24, 2.45) is 0 Å². The van der Waals surface area contributed by atoms with Gasteiger partial charge in [0.15, 0.2) is 0 Å². The average molecular weight is 277 g/mol. The highest BCUT2D eigenvalue weighted by atomic mass is 16.2. The maximum atomic E-state index is 12.0. The molecular weight excluding hydrogens is 254 g/mol. The van der Waals surface area contributed by atoms with Crippen molar-refractivity contribution in [2.75, 3.05) is 36.8 Å². The van der Waals surface area contributed by atoms with E-state index in [0.717, 1.165) is 44.7 Å². The summed E-state index contributed by atoms with van der Waals surface area (Å²) < 4.78 is 0. The van der Waals surface area contributed by atoms with Crippen molar-refractivity contribution in [1.82, 2.24) is 14.9 Å². The first-order valence-corrected chi connectivity index (χ1v) is 7.37. The normalized spacial score (nSPS) is 14.9. The minimum absolute atomic E-state index is 0.137. The Kier molecular flexibility index (Phi) is 5.58. The maximum absolute atomic E-state index is 12.0. The molecule has 0 atom stereocenters. The number of hydrogen-bond acceptors (Lipinski definition) is 5. The summed E-state index contributed by atoms with van der Waals surface area (Å²) in [6.45, 7) is 5.01. The van der Waals surface area contributed by atoms with Crippen molar-refractivity contribution in [3.63, 3.8) is 0 Å². The van der Waals surface area contributed by atoms with Crippen molar-refractivity contribution in [3.8, 4) is 0 Å². The molecule has 6 heteroatoms. The van der Waals surface area contributed by atoms with E-state index in [1.165, 1.54) is 6.42 Å². The molecule has 110 valence electrons. The second kappa shape index (κ2) is 7.67. The van der Waals surface area contributed by atoms with Crippen LogP contribution in [0.3, 0.4) is 0 Å². The van der Waals surface area contributed by atoms with Crippen LogP contribution in [-0.4, -0.2) is 47.0 Å². The fraction of sp³-hybridized carbons (Fsp3) is 0.643. The molecule has 2 rings (SSSR count). The van der Waals surface area contributed by atoms with E-state index in [9.17, 15) is 4.79 Å². The van der Waals surface area contributed by atoms with Crippen molar-refractivity contribution < 1.29 is 4.79 Å². The number of rotatable bonds is 6. The first-order valence-electron chi connectivity index (χ1n) is 7.37. The monoisotopic (exact) mass is 277 g/mol. The molecule has 0 unspecified atom stereocenters. The van der Waals surface area contributed by atoms with Gasteiger partial charge in [0.05, 0.1) is 18.9 Å². The number of likely N-dealkylation sites (tertiary alicyclic amines) is 1. The van der Waals surface area contributed by atoms with Crippen molar-refractivity contribution >= 4 is 17.5 Å². The first-order chi connectivity index (χ1) is 9.79. The van der Waals surface area contributed by atoms with Crippen LogP contribution in [0.1, 0.15) is 32.6 Å². The number of nitrogens with one attached hydrogen (secondary N) is 2. The molecule has 1 aliphatic rings. The maximum Gasteiger partial charge on any atom is 0.241 e. The standard InChI is InChI=1S/C14H23N5O/c1-2-6-16-12-9-15-10-13(18-12)17-11-14(20)19-7-4-3-5-8-19/h9-10H,2-8,11H2,1H3,(H2,16,17,18). The highest BCUT2D eigenvalue weighted by Gasteiger charge is 2.15. The van der Waals surface area contributed by atoms with Crippen molar-refractivity contribution in [1.29, 1.82) is 0 Å². The Morgan fingerprint density at radius 3 is 2.60 bits per heavy atom. The molecule has 0 bridgehead atoms. The van der Waals surface area contributed by atoms with Crippen LogP contribution in [0.25, 0.3) is 0 Å². The zero-order valence-corrected chi connectivity index (χ0v) is 12.1. The van der Waals surface area contributed by atoms with E-state index < -0.39 is 0 Å². The summed E-state index contributed by atoms with van der Waals surface area (Å²) in [6.07, 6.45) is 7.82. The molecular formula is C14H23N5O. The van der Waals surface area contributed by atoms with E-state index in [0.29, 0.717) is 5.82 Å². The Balaban J connectivity index is 1.82. The molecule has 6 nitrogen and oxygen atoms in total. The molecule has 1 aliphatic heterocycles. The van der Waals surface area contributed by atoms with Crippen LogP contribution in [0.15, 0.2) is 12.4 Å². The molecule has 0 aliphatic carbocycles. The lowest BCUT2D eigenvalue weighted by molar-refractivity contribution is -0.130. The molecule has 0 radical (unpaired) electrons. The summed E-state index contributed by atoms with van der Waals surface area (Å²) in [5.74, 6) is 1.51. The highest BCUT2D eigenvalue weighted by Crippen LogP contribution is 2.10. The van der Waals surface area contributed by atoms with E-state index in [1.807, 2.05) is 4.90 Å². The molecule has 0 aromatic carbocycles. The Bertz CT molecular complexity index is 431. The summed E-state index contributed by atoms with van der Waals surface area (Å²) in [6, 6.07) is 0. The van der Waals surface area contributed by atoms with E-state index >= 15 is 0 Å². The SMILES string of the molecule is CCCNc1cncc(NCC(=O)N2CCCCC2)n1. The quantitative estimate of drug-likeness (QED) is 0.828. The van der Waals surface area contributed by atoms with Crippen LogP contribution in [0.4, 0.5) is 11.6 Å². The van der Waals surface area contributed by atoms with Gasteiger partial charge in [0.2, 0.25) is 5.91 Å².